The van der Waals surface area contributed by atoms with Gasteiger partial charge in [-0.1, -0.05) is 103 Å². The molecule has 0 aromatic heterocycles. The largest absolute Gasteiger partial charge is 0.496 e. The number of rotatable bonds is 18. The Balaban J connectivity index is 1.88. The van der Waals surface area contributed by atoms with E-state index in [9.17, 15) is 0 Å². The second-order valence-electron chi connectivity index (χ2n) is 7.96. The smallest absolute Gasteiger partial charge is 0.186 e. The van der Waals surface area contributed by atoms with E-state index in [1.165, 1.54) is 83.5 Å². The van der Waals surface area contributed by atoms with E-state index in [-0.39, 0.29) is 0 Å². The lowest BCUT2D eigenvalue weighted by Gasteiger charge is -2.07. The van der Waals surface area contributed by atoms with Gasteiger partial charge in [-0.3, -0.25) is 5.43 Å². The number of hydrogen-bond donors (Lipinski definition) is 2. The summed E-state index contributed by atoms with van der Waals surface area (Å²) in [4.78, 5) is 0. The summed E-state index contributed by atoms with van der Waals surface area (Å²) in [6.07, 6.45) is 21.0. The highest BCUT2D eigenvalue weighted by Crippen LogP contribution is 2.14. The van der Waals surface area contributed by atoms with Crippen LogP contribution in [-0.4, -0.2) is 25.0 Å². The molecule has 5 heteroatoms. The number of benzene rings is 1. The fourth-order valence-electron chi connectivity index (χ4n) is 3.49. The van der Waals surface area contributed by atoms with Crippen LogP contribution in [0.5, 0.6) is 5.75 Å². The first-order chi connectivity index (χ1) is 14.8. The summed E-state index contributed by atoms with van der Waals surface area (Å²) in [5.41, 5.74) is 3.79. The van der Waals surface area contributed by atoms with Crippen molar-refractivity contribution < 1.29 is 4.74 Å². The van der Waals surface area contributed by atoms with E-state index in [1.54, 1.807) is 13.3 Å². The molecule has 4 nitrogen and oxygen atoms in total. The molecule has 0 bridgehead atoms. The first-order valence-corrected chi connectivity index (χ1v) is 12.4. The molecule has 0 atom stereocenters. The number of para-hydroxylation sites is 1. The quantitative estimate of drug-likeness (QED) is 0.113. The van der Waals surface area contributed by atoms with Crippen molar-refractivity contribution in [3.8, 4) is 5.75 Å². The standard InChI is InChI=1S/C25H43N3OS/c1-3-4-5-6-7-8-9-10-11-12-13-14-15-18-21-26-25(30)28-27-22-23-19-16-17-20-24(23)29-2/h16-17,19-20,22H,3-15,18,21H2,1-2H3,(H2,26,28,30). The van der Waals surface area contributed by atoms with Crippen molar-refractivity contribution >= 4 is 23.5 Å². The Bertz CT molecular complexity index is 577. The predicted molar refractivity (Wildman–Crippen MR) is 135 cm³/mol. The molecule has 0 aliphatic rings. The maximum Gasteiger partial charge on any atom is 0.186 e. The van der Waals surface area contributed by atoms with E-state index in [2.05, 4.69) is 22.8 Å². The first kappa shape index (κ1) is 26.4. The van der Waals surface area contributed by atoms with Gasteiger partial charge in [0.1, 0.15) is 5.75 Å². The molecule has 0 aliphatic carbocycles. The van der Waals surface area contributed by atoms with Crippen LogP contribution in [0.2, 0.25) is 0 Å². The van der Waals surface area contributed by atoms with Crippen molar-refractivity contribution in [2.45, 2.75) is 96.8 Å². The number of nitrogens with one attached hydrogen (secondary N) is 2. The van der Waals surface area contributed by atoms with Crippen molar-refractivity contribution in [1.29, 1.82) is 0 Å². The summed E-state index contributed by atoms with van der Waals surface area (Å²) in [5, 5.41) is 7.96. The van der Waals surface area contributed by atoms with Gasteiger partial charge in [-0.25, -0.2) is 0 Å². The van der Waals surface area contributed by atoms with Gasteiger partial charge in [0.05, 0.1) is 13.3 Å². The molecule has 1 aromatic rings. The van der Waals surface area contributed by atoms with E-state index in [1.807, 2.05) is 24.3 Å². The summed E-state index contributed by atoms with van der Waals surface area (Å²) in [5.74, 6) is 0.796. The lowest BCUT2D eigenvalue weighted by molar-refractivity contribution is 0.414. The highest BCUT2D eigenvalue weighted by molar-refractivity contribution is 7.80. The van der Waals surface area contributed by atoms with Crippen LogP contribution in [-0.2, 0) is 0 Å². The second kappa shape index (κ2) is 19.3. The number of unbranched alkanes of at least 4 members (excludes halogenated alkanes) is 13. The zero-order valence-corrected chi connectivity index (χ0v) is 20.1. The van der Waals surface area contributed by atoms with Crippen LogP contribution in [0.1, 0.15) is 102 Å². The maximum absolute atomic E-state index is 5.30. The fraction of sp³-hybridized carbons (Fsp3) is 0.680. The van der Waals surface area contributed by atoms with Crippen LogP contribution in [0.4, 0.5) is 0 Å². The van der Waals surface area contributed by atoms with Gasteiger partial charge in [0.15, 0.2) is 5.11 Å². The monoisotopic (exact) mass is 433 g/mol. The van der Waals surface area contributed by atoms with Gasteiger partial charge in [0, 0.05) is 12.1 Å². The number of methoxy groups -OCH3 is 1. The van der Waals surface area contributed by atoms with Crippen LogP contribution in [0.15, 0.2) is 29.4 Å². The molecule has 0 saturated heterocycles. The molecule has 0 aliphatic heterocycles. The molecule has 0 fully saturated rings. The average Bonchev–Trinajstić information content (AvgIpc) is 2.76. The number of ether oxygens (including phenoxy) is 1. The molecule has 0 spiro atoms. The summed E-state index contributed by atoms with van der Waals surface area (Å²) in [6, 6.07) is 7.75. The zero-order chi connectivity index (χ0) is 21.7. The first-order valence-electron chi connectivity index (χ1n) is 12.0. The molecular formula is C25H43N3OS. The molecule has 1 rings (SSSR count). The Labute approximate surface area is 190 Å². The number of hydrogen-bond acceptors (Lipinski definition) is 3. The molecule has 0 radical (unpaired) electrons. The van der Waals surface area contributed by atoms with Crippen LogP contribution in [0.25, 0.3) is 0 Å². The molecule has 2 N–H and O–H groups in total. The molecule has 0 heterocycles. The van der Waals surface area contributed by atoms with Crippen molar-refractivity contribution in [3.05, 3.63) is 29.8 Å². The van der Waals surface area contributed by atoms with Crippen molar-refractivity contribution in [2.75, 3.05) is 13.7 Å². The Kier molecular flexibility index (Phi) is 17.0. The third-order valence-electron chi connectivity index (χ3n) is 5.32. The van der Waals surface area contributed by atoms with Crippen molar-refractivity contribution in [2.24, 2.45) is 5.10 Å². The lowest BCUT2D eigenvalue weighted by Crippen LogP contribution is -2.32. The van der Waals surface area contributed by atoms with Gasteiger partial charge in [0.25, 0.3) is 0 Å². The summed E-state index contributed by atoms with van der Waals surface area (Å²) >= 11 is 5.26. The Morgan fingerprint density at radius 3 is 1.97 bits per heavy atom. The SMILES string of the molecule is CCCCCCCCCCCCCCCCNC(=S)NN=Cc1ccccc1OC. The zero-order valence-electron chi connectivity index (χ0n) is 19.3. The van der Waals surface area contributed by atoms with Crippen LogP contribution >= 0.6 is 12.2 Å². The number of hydrazone groups is 1. The average molecular weight is 434 g/mol. The minimum absolute atomic E-state index is 0.566. The highest BCUT2D eigenvalue weighted by Gasteiger charge is 1.98. The fourth-order valence-corrected chi connectivity index (χ4v) is 3.65. The minimum atomic E-state index is 0.566. The third-order valence-corrected chi connectivity index (χ3v) is 5.56. The van der Waals surface area contributed by atoms with Crippen molar-refractivity contribution in [1.82, 2.24) is 10.7 Å². The van der Waals surface area contributed by atoms with Crippen LogP contribution in [0.3, 0.4) is 0 Å². The van der Waals surface area contributed by atoms with E-state index < -0.39 is 0 Å². The van der Waals surface area contributed by atoms with Crippen LogP contribution in [0, 0.1) is 0 Å². The Hall–Kier alpha value is -1.62. The molecule has 0 saturated carbocycles. The highest BCUT2D eigenvalue weighted by atomic mass is 32.1. The van der Waals surface area contributed by atoms with Gasteiger partial charge in [0.2, 0.25) is 0 Å². The predicted octanol–water partition coefficient (Wildman–Crippen LogP) is 6.97. The molecule has 170 valence electrons. The summed E-state index contributed by atoms with van der Waals surface area (Å²) in [7, 11) is 1.66. The molecule has 30 heavy (non-hydrogen) atoms. The van der Waals surface area contributed by atoms with Gasteiger partial charge < -0.3 is 10.1 Å². The molecule has 0 amide bonds. The number of thiocarbonyl (C=S) groups is 1. The topological polar surface area (TPSA) is 45.7 Å². The van der Waals surface area contributed by atoms with Gasteiger partial charge in [-0.2, -0.15) is 5.10 Å². The number of nitrogens with zero attached hydrogens (tertiary/aromatic N) is 1. The van der Waals surface area contributed by atoms with E-state index >= 15 is 0 Å². The molecular weight excluding hydrogens is 390 g/mol. The minimum Gasteiger partial charge on any atom is -0.496 e. The maximum atomic E-state index is 5.30. The molecule has 0 unspecified atom stereocenters. The van der Waals surface area contributed by atoms with Crippen LogP contribution < -0.4 is 15.5 Å². The Morgan fingerprint density at radius 2 is 1.40 bits per heavy atom. The van der Waals surface area contributed by atoms with E-state index in [4.69, 9.17) is 17.0 Å². The Morgan fingerprint density at radius 1 is 0.867 bits per heavy atom. The lowest BCUT2D eigenvalue weighted by atomic mass is 10.0. The second-order valence-corrected chi connectivity index (χ2v) is 8.37. The normalized spacial score (nSPS) is 11.0. The van der Waals surface area contributed by atoms with E-state index in [0.29, 0.717) is 5.11 Å². The van der Waals surface area contributed by atoms with Gasteiger partial charge >= 0.3 is 0 Å². The third kappa shape index (κ3) is 14.4. The molecule has 1 aromatic carbocycles. The van der Waals surface area contributed by atoms with E-state index in [0.717, 1.165) is 24.3 Å². The summed E-state index contributed by atoms with van der Waals surface area (Å²) in [6.45, 7) is 3.18. The van der Waals surface area contributed by atoms with Crippen molar-refractivity contribution in [3.63, 3.8) is 0 Å². The summed E-state index contributed by atoms with van der Waals surface area (Å²) < 4.78 is 5.30. The van der Waals surface area contributed by atoms with Gasteiger partial charge in [-0.15, -0.1) is 0 Å². The van der Waals surface area contributed by atoms with Gasteiger partial charge in [-0.05, 0) is 30.8 Å².